The summed E-state index contributed by atoms with van der Waals surface area (Å²) in [6.45, 7) is 0.930. The molecule has 0 aliphatic heterocycles. The first-order valence-electron chi connectivity index (χ1n) is 11.8. The number of nitrogens with zero attached hydrogens (tertiary/aromatic N) is 2. The monoisotopic (exact) mass is 497 g/mol. The van der Waals surface area contributed by atoms with Crippen molar-refractivity contribution in [1.29, 1.82) is 0 Å². The van der Waals surface area contributed by atoms with Crippen LogP contribution in [0.25, 0.3) is 0 Å². The van der Waals surface area contributed by atoms with Gasteiger partial charge >= 0.3 is 5.97 Å². The summed E-state index contributed by atoms with van der Waals surface area (Å²) in [7, 11) is 0. The summed E-state index contributed by atoms with van der Waals surface area (Å²) in [6, 6.07) is 16.6. The summed E-state index contributed by atoms with van der Waals surface area (Å²) in [6.07, 6.45) is 5.87. The van der Waals surface area contributed by atoms with Crippen LogP contribution >= 0.6 is 11.6 Å². The molecule has 1 aliphatic rings. The third-order valence-electron chi connectivity index (χ3n) is 5.94. The van der Waals surface area contributed by atoms with Gasteiger partial charge in [-0.05, 0) is 49.4 Å². The van der Waals surface area contributed by atoms with E-state index >= 15 is 0 Å². The third-order valence-corrected chi connectivity index (χ3v) is 6.23. The van der Waals surface area contributed by atoms with Gasteiger partial charge in [0.1, 0.15) is 30.4 Å². The Labute approximate surface area is 209 Å². The minimum atomic E-state index is -0.463. The van der Waals surface area contributed by atoms with E-state index in [9.17, 15) is 9.18 Å². The van der Waals surface area contributed by atoms with Crippen LogP contribution in [0.15, 0.2) is 60.9 Å². The number of hydrogen-bond donors (Lipinski definition) is 3. The predicted octanol–water partition coefficient (Wildman–Crippen LogP) is 5.46. The van der Waals surface area contributed by atoms with Gasteiger partial charge in [-0.25, -0.2) is 14.4 Å². The fourth-order valence-corrected chi connectivity index (χ4v) is 4.25. The van der Waals surface area contributed by atoms with E-state index in [1.54, 1.807) is 6.07 Å². The number of aromatic nitrogens is 2. The number of carbonyl (C=O) groups is 1. The minimum Gasteiger partial charge on any atom is -0.461 e. The van der Waals surface area contributed by atoms with Gasteiger partial charge in [-0.2, -0.15) is 0 Å². The molecule has 0 atom stereocenters. The third kappa shape index (κ3) is 7.90. The highest BCUT2D eigenvalue weighted by Crippen LogP contribution is 2.25. The first-order chi connectivity index (χ1) is 17.0. The zero-order valence-electron chi connectivity index (χ0n) is 19.3. The summed E-state index contributed by atoms with van der Waals surface area (Å²) < 4.78 is 18.7. The van der Waals surface area contributed by atoms with E-state index in [4.69, 9.17) is 16.3 Å². The zero-order valence-corrected chi connectivity index (χ0v) is 20.1. The number of esters is 1. The lowest BCUT2D eigenvalue weighted by Crippen LogP contribution is -2.38. The molecule has 2 aromatic carbocycles. The second-order valence-corrected chi connectivity index (χ2v) is 8.99. The van der Waals surface area contributed by atoms with E-state index in [1.807, 2.05) is 36.4 Å². The van der Waals surface area contributed by atoms with Crippen molar-refractivity contribution in [1.82, 2.24) is 15.3 Å². The van der Waals surface area contributed by atoms with Gasteiger partial charge in [0.05, 0.1) is 11.4 Å². The van der Waals surface area contributed by atoms with Crippen LogP contribution in [-0.2, 0) is 16.1 Å². The number of anilines is 3. The Morgan fingerprint density at radius 1 is 1.00 bits per heavy atom. The van der Waals surface area contributed by atoms with Crippen molar-refractivity contribution in [2.75, 3.05) is 17.2 Å². The maximum atomic E-state index is 13.4. The molecule has 9 heteroatoms. The van der Waals surface area contributed by atoms with E-state index < -0.39 is 5.82 Å². The van der Waals surface area contributed by atoms with E-state index in [0.29, 0.717) is 43.2 Å². The van der Waals surface area contributed by atoms with Crippen molar-refractivity contribution in [3.8, 4) is 0 Å². The summed E-state index contributed by atoms with van der Waals surface area (Å²) in [4.78, 5) is 20.5. The normalized spacial score (nSPS) is 17.5. The van der Waals surface area contributed by atoms with Gasteiger partial charge in [-0.15, -0.1) is 0 Å². The predicted molar refractivity (Wildman–Crippen MR) is 135 cm³/mol. The number of halogens is 2. The van der Waals surface area contributed by atoms with Crippen molar-refractivity contribution in [2.45, 2.75) is 50.8 Å². The molecule has 3 N–H and O–H groups in total. The first-order valence-corrected chi connectivity index (χ1v) is 12.2. The second kappa shape index (κ2) is 12.5. The van der Waals surface area contributed by atoms with Crippen molar-refractivity contribution in [3.05, 3.63) is 77.3 Å². The maximum absolute atomic E-state index is 13.4. The zero-order chi connectivity index (χ0) is 24.5. The van der Waals surface area contributed by atoms with Crippen LogP contribution in [0.5, 0.6) is 0 Å². The van der Waals surface area contributed by atoms with Crippen molar-refractivity contribution < 1.29 is 13.9 Å². The van der Waals surface area contributed by atoms with Crippen LogP contribution in [0, 0.1) is 5.82 Å². The van der Waals surface area contributed by atoms with Gasteiger partial charge in [0.25, 0.3) is 0 Å². The Bertz CT molecular complexity index is 1110. The molecule has 0 saturated heterocycles. The van der Waals surface area contributed by atoms with Crippen molar-refractivity contribution in [2.24, 2.45) is 0 Å². The van der Waals surface area contributed by atoms with Crippen LogP contribution < -0.4 is 16.0 Å². The van der Waals surface area contributed by atoms with Gasteiger partial charge in [-0.1, -0.05) is 41.9 Å². The second-order valence-electron chi connectivity index (χ2n) is 8.59. The fourth-order valence-electron chi connectivity index (χ4n) is 4.07. The lowest BCUT2D eigenvalue weighted by atomic mass is 9.91. The smallest absolute Gasteiger partial charge is 0.307 e. The Morgan fingerprint density at radius 2 is 1.74 bits per heavy atom. The highest BCUT2D eigenvalue weighted by atomic mass is 35.5. The quantitative estimate of drug-likeness (QED) is 0.320. The van der Waals surface area contributed by atoms with E-state index in [1.165, 1.54) is 18.5 Å². The molecule has 4 rings (SSSR count). The molecule has 0 spiro atoms. The number of benzene rings is 2. The molecule has 1 saturated carbocycles. The highest BCUT2D eigenvalue weighted by molar-refractivity contribution is 6.31. The molecule has 1 heterocycles. The SMILES string of the molecule is O=C(CCNC1CCC(Nc2cc(Nc3ccc(F)c(Cl)c3)ncn2)CC1)OCc1ccccc1. The first kappa shape index (κ1) is 24.9. The molecule has 0 unspecified atom stereocenters. The van der Waals surface area contributed by atoms with Gasteiger partial charge in [0.15, 0.2) is 0 Å². The molecular formula is C26H29ClFN5O2. The van der Waals surface area contributed by atoms with Crippen LogP contribution in [0.2, 0.25) is 5.02 Å². The average Bonchev–Trinajstić information content (AvgIpc) is 2.87. The van der Waals surface area contributed by atoms with Crippen LogP contribution in [0.4, 0.5) is 21.7 Å². The van der Waals surface area contributed by atoms with E-state index in [2.05, 4.69) is 25.9 Å². The summed E-state index contributed by atoms with van der Waals surface area (Å²) in [5.41, 5.74) is 1.64. The van der Waals surface area contributed by atoms with Gasteiger partial charge in [0.2, 0.25) is 0 Å². The maximum Gasteiger partial charge on any atom is 0.307 e. The average molecular weight is 498 g/mol. The lowest BCUT2D eigenvalue weighted by Gasteiger charge is -2.30. The Morgan fingerprint density at radius 3 is 2.51 bits per heavy atom. The van der Waals surface area contributed by atoms with Crippen LogP contribution in [-0.4, -0.2) is 34.6 Å². The van der Waals surface area contributed by atoms with Crippen molar-refractivity contribution in [3.63, 3.8) is 0 Å². The molecule has 7 nitrogen and oxygen atoms in total. The standard InChI is InChI=1S/C26H29ClFN5O2/c27-22-14-21(10-11-23(22)28)33-25-15-24(30-17-31-25)32-20-8-6-19(7-9-20)29-13-12-26(34)35-16-18-4-2-1-3-5-18/h1-5,10-11,14-15,17,19-20,29H,6-9,12-13,16H2,(H2,30,31,32,33). The molecule has 1 aromatic heterocycles. The number of nitrogens with one attached hydrogen (secondary N) is 3. The Kier molecular flexibility index (Phi) is 8.86. The van der Waals surface area contributed by atoms with Gasteiger partial charge in [-0.3, -0.25) is 4.79 Å². The van der Waals surface area contributed by atoms with E-state index in [-0.39, 0.29) is 11.0 Å². The number of carbonyl (C=O) groups excluding carboxylic acids is 1. The van der Waals surface area contributed by atoms with Crippen LogP contribution in [0.3, 0.4) is 0 Å². The number of rotatable bonds is 10. The molecule has 35 heavy (non-hydrogen) atoms. The van der Waals surface area contributed by atoms with Crippen LogP contribution in [0.1, 0.15) is 37.7 Å². The fraction of sp³-hybridized carbons (Fsp3) is 0.346. The summed E-state index contributed by atoms with van der Waals surface area (Å²) >= 11 is 5.85. The largest absolute Gasteiger partial charge is 0.461 e. The lowest BCUT2D eigenvalue weighted by molar-refractivity contribution is -0.144. The Balaban J connectivity index is 1.15. The molecule has 0 bridgehead atoms. The Hall–Kier alpha value is -3.23. The molecule has 3 aromatic rings. The highest BCUT2D eigenvalue weighted by Gasteiger charge is 2.21. The van der Waals surface area contributed by atoms with Gasteiger partial charge in [0, 0.05) is 30.4 Å². The molecule has 184 valence electrons. The minimum absolute atomic E-state index is 0.0526. The number of hydrogen-bond acceptors (Lipinski definition) is 7. The molecule has 0 radical (unpaired) electrons. The summed E-state index contributed by atoms with van der Waals surface area (Å²) in [5, 5.41) is 10.1. The molecule has 0 amide bonds. The van der Waals surface area contributed by atoms with E-state index in [0.717, 1.165) is 37.1 Å². The molecule has 1 fully saturated rings. The van der Waals surface area contributed by atoms with Crippen molar-refractivity contribution >= 4 is 34.9 Å². The topological polar surface area (TPSA) is 88.2 Å². The number of ether oxygens (including phenoxy) is 1. The molecule has 1 aliphatic carbocycles. The molecular weight excluding hydrogens is 469 g/mol. The summed E-state index contributed by atoms with van der Waals surface area (Å²) in [5.74, 6) is 0.677. The van der Waals surface area contributed by atoms with Gasteiger partial charge < -0.3 is 20.7 Å².